The Hall–Kier alpha value is -1.07. The number of ether oxygens (including phenoxy) is 2. The highest BCUT2D eigenvalue weighted by molar-refractivity contribution is 9.10. The van der Waals surface area contributed by atoms with Crippen LogP contribution in [0.15, 0.2) is 22.7 Å². The lowest BCUT2D eigenvalue weighted by Gasteiger charge is -2.08. The predicted molar refractivity (Wildman–Crippen MR) is 69.9 cm³/mol. The standard InChI is InChI=1S/C12H16BrNO3/c1-8(2)16-3-4-17-12(15)9-5-10(13)7-11(14)6-9/h5-8H,3-4,14H2,1-2H3. The summed E-state index contributed by atoms with van der Waals surface area (Å²) in [5.74, 6) is -0.398. The van der Waals surface area contributed by atoms with Crippen molar-refractivity contribution in [1.82, 2.24) is 0 Å². The molecule has 0 aliphatic carbocycles. The Morgan fingerprint density at radius 3 is 2.65 bits per heavy atom. The number of nitrogen functional groups attached to an aromatic ring is 1. The van der Waals surface area contributed by atoms with Gasteiger partial charge in [0.05, 0.1) is 18.3 Å². The molecule has 0 aliphatic heterocycles. The summed E-state index contributed by atoms with van der Waals surface area (Å²) in [6, 6.07) is 4.97. The Bertz CT molecular complexity index is 373. The van der Waals surface area contributed by atoms with Crippen LogP contribution >= 0.6 is 15.9 Å². The first-order valence-electron chi connectivity index (χ1n) is 5.34. The van der Waals surface area contributed by atoms with Gasteiger partial charge in [-0.25, -0.2) is 4.79 Å². The fourth-order valence-electron chi connectivity index (χ4n) is 1.23. The molecule has 94 valence electrons. The van der Waals surface area contributed by atoms with E-state index in [1.807, 2.05) is 13.8 Å². The minimum Gasteiger partial charge on any atom is -0.460 e. The molecule has 2 N–H and O–H groups in total. The molecular weight excluding hydrogens is 286 g/mol. The van der Waals surface area contributed by atoms with Gasteiger partial charge in [-0.1, -0.05) is 15.9 Å². The van der Waals surface area contributed by atoms with Gasteiger partial charge in [0.1, 0.15) is 6.61 Å². The van der Waals surface area contributed by atoms with Crippen molar-refractivity contribution in [2.45, 2.75) is 20.0 Å². The van der Waals surface area contributed by atoms with Crippen molar-refractivity contribution in [1.29, 1.82) is 0 Å². The maximum atomic E-state index is 11.6. The number of carbonyl (C=O) groups is 1. The van der Waals surface area contributed by atoms with Gasteiger partial charge in [-0.15, -0.1) is 0 Å². The van der Waals surface area contributed by atoms with Crippen molar-refractivity contribution in [2.75, 3.05) is 18.9 Å². The molecule has 0 spiro atoms. The Morgan fingerprint density at radius 1 is 1.35 bits per heavy atom. The van der Waals surface area contributed by atoms with Crippen molar-refractivity contribution >= 4 is 27.6 Å². The molecule has 0 aliphatic rings. The lowest BCUT2D eigenvalue weighted by Crippen LogP contribution is -2.13. The third-order valence-corrected chi connectivity index (χ3v) is 2.38. The summed E-state index contributed by atoms with van der Waals surface area (Å²) >= 11 is 3.27. The molecule has 1 aromatic carbocycles. The van der Waals surface area contributed by atoms with E-state index in [0.29, 0.717) is 17.9 Å². The molecule has 1 aromatic rings. The van der Waals surface area contributed by atoms with Crippen molar-refractivity contribution in [3.05, 3.63) is 28.2 Å². The second kappa shape index (κ2) is 6.61. The van der Waals surface area contributed by atoms with Gasteiger partial charge in [-0.3, -0.25) is 0 Å². The molecule has 0 unspecified atom stereocenters. The largest absolute Gasteiger partial charge is 0.460 e. The van der Waals surface area contributed by atoms with Gasteiger partial charge in [0.2, 0.25) is 0 Å². The van der Waals surface area contributed by atoms with Crippen LogP contribution < -0.4 is 5.73 Å². The average molecular weight is 302 g/mol. The third kappa shape index (κ3) is 5.19. The molecule has 5 heteroatoms. The van der Waals surface area contributed by atoms with Gasteiger partial charge in [0.15, 0.2) is 0 Å². The summed E-state index contributed by atoms with van der Waals surface area (Å²) in [6.07, 6.45) is 0.134. The summed E-state index contributed by atoms with van der Waals surface area (Å²) in [6.45, 7) is 4.49. The SMILES string of the molecule is CC(C)OCCOC(=O)c1cc(N)cc(Br)c1. The van der Waals surface area contributed by atoms with Crippen LogP contribution in [0.25, 0.3) is 0 Å². The minimum absolute atomic E-state index is 0.134. The van der Waals surface area contributed by atoms with E-state index in [2.05, 4.69) is 15.9 Å². The van der Waals surface area contributed by atoms with Crippen LogP contribution in [-0.4, -0.2) is 25.3 Å². The van der Waals surface area contributed by atoms with Gasteiger partial charge in [0.25, 0.3) is 0 Å². The Morgan fingerprint density at radius 2 is 2.06 bits per heavy atom. The number of hydrogen-bond acceptors (Lipinski definition) is 4. The van der Waals surface area contributed by atoms with E-state index in [-0.39, 0.29) is 12.7 Å². The molecule has 17 heavy (non-hydrogen) atoms. The van der Waals surface area contributed by atoms with Crippen LogP contribution in [0.3, 0.4) is 0 Å². The zero-order valence-corrected chi connectivity index (χ0v) is 11.5. The van der Waals surface area contributed by atoms with Crippen LogP contribution in [0.1, 0.15) is 24.2 Å². The molecule has 0 heterocycles. The minimum atomic E-state index is -0.398. The van der Waals surface area contributed by atoms with E-state index < -0.39 is 5.97 Å². The first kappa shape index (κ1) is 14.0. The Kier molecular flexibility index (Phi) is 5.44. The van der Waals surface area contributed by atoms with Crippen molar-refractivity contribution < 1.29 is 14.3 Å². The maximum Gasteiger partial charge on any atom is 0.338 e. The molecule has 0 fully saturated rings. The highest BCUT2D eigenvalue weighted by atomic mass is 79.9. The van der Waals surface area contributed by atoms with E-state index in [4.69, 9.17) is 15.2 Å². The number of halogens is 1. The molecule has 0 amide bonds. The summed E-state index contributed by atoms with van der Waals surface area (Å²) in [4.78, 5) is 11.6. The molecule has 0 radical (unpaired) electrons. The number of carbonyl (C=O) groups excluding carboxylic acids is 1. The van der Waals surface area contributed by atoms with Crippen LogP contribution in [0.2, 0.25) is 0 Å². The second-order valence-electron chi connectivity index (χ2n) is 3.83. The monoisotopic (exact) mass is 301 g/mol. The van der Waals surface area contributed by atoms with Gasteiger partial charge in [-0.05, 0) is 32.0 Å². The molecule has 0 saturated heterocycles. The Balaban J connectivity index is 2.47. The summed E-state index contributed by atoms with van der Waals surface area (Å²) in [5, 5.41) is 0. The van der Waals surface area contributed by atoms with Crippen LogP contribution in [0.5, 0.6) is 0 Å². The molecule has 0 saturated carbocycles. The van der Waals surface area contributed by atoms with Gasteiger partial charge >= 0.3 is 5.97 Å². The highest BCUT2D eigenvalue weighted by Crippen LogP contribution is 2.17. The highest BCUT2D eigenvalue weighted by Gasteiger charge is 2.08. The predicted octanol–water partition coefficient (Wildman–Crippen LogP) is 2.61. The van der Waals surface area contributed by atoms with E-state index in [1.54, 1.807) is 18.2 Å². The smallest absolute Gasteiger partial charge is 0.338 e. The van der Waals surface area contributed by atoms with Gasteiger partial charge in [0, 0.05) is 10.2 Å². The second-order valence-corrected chi connectivity index (χ2v) is 4.74. The van der Waals surface area contributed by atoms with Crippen molar-refractivity contribution in [3.8, 4) is 0 Å². The molecule has 4 nitrogen and oxygen atoms in total. The normalized spacial score (nSPS) is 10.6. The summed E-state index contributed by atoms with van der Waals surface area (Å²) in [5.41, 5.74) is 6.58. The maximum absolute atomic E-state index is 11.6. The number of hydrogen-bond donors (Lipinski definition) is 1. The van der Waals surface area contributed by atoms with Crippen molar-refractivity contribution in [2.24, 2.45) is 0 Å². The first-order chi connectivity index (χ1) is 7.99. The number of benzene rings is 1. The van der Waals surface area contributed by atoms with E-state index >= 15 is 0 Å². The van der Waals surface area contributed by atoms with E-state index in [9.17, 15) is 4.79 Å². The zero-order chi connectivity index (χ0) is 12.8. The van der Waals surface area contributed by atoms with Gasteiger partial charge in [-0.2, -0.15) is 0 Å². The zero-order valence-electron chi connectivity index (χ0n) is 9.90. The quantitative estimate of drug-likeness (QED) is 0.516. The average Bonchev–Trinajstić information content (AvgIpc) is 2.22. The molecule has 0 atom stereocenters. The van der Waals surface area contributed by atoms with Crippen LogP contribution in [-0.2, 0) is 9.47 Å². The van der Waals surface area contributed by atoms with Gasteiger partial charge < -0.3 is 15.2 Å². The summed E-state index contributed by atoms with van der Waals surface area (Å²) < 4.78 is 11.1. The number of esters is 1. The first-order valence-corrected chi connectivity index (χ1v) is 6.13. The number of nitrogens with two attached hydrogens (primary N) is 1. The number of rotatable bonds is 5. The molecular formula is C12H16BrNO3. The third-order valence-electron chi connectivity index (χ3n) is 1.92. The van der Waals surface area contributed by atoms with Crippen LogP contribution in [0.4, 0.5) is 5.69 Å². The fourth-order valence-corrected chi connectivity index (χ4v) is 1.74. The number of anilines is 1. The molecule has 1 rings (SSSR count). The lowest BCUT2D eigenvalue weighted by atomic mass is 10.2. The topological polar surface area (TPSA) is 61.5 Å². The van der Waals surface area contributed by atoms with Crippen molar-refractivity contribution in [3.63, 3.8) is 0 Å². The van der Waals surface area contributed by atoms with E-state index in [1.165, 1.54) is 0 Å². The fraction of sp³-hybridized carbons (Fsp3) is 0.417. The Labute approximate surface area is 109 Å². The lowest BCUT2D eigenvalue weighted by molar-refractivity contribution is 0.0177. The molecule has 0 bridgehead atoms. The summed E-state index contributed by atoms with van der Waals surface area (Å²) in [7, 11) is 0. The van der Waals surface area contributed by atoms with Crippen LogP contribution in [0, 0.1) is 0 Å². The molecule has 0 aromatic heterocycles. The van der Waals surface area contributed by atoms with E-state index in [0.717, 1.165) is 4.47 Å².